The van der Waals surface area contributed by atoms with Crippen LogP contribution in [0.4, 0.5) is 0 Å². The SMILES string of the molecule is CCc1ccccc1C1COC(N)=N1. The number of benzene rings is 1. The Labute approximate surface area is 83.6 Å². The van der Waals surface area contributed by atoms with Gasteiger partial charge in [0.25, 0.3) is 6.02 Å². The maximum Gasteiger partial charge on any atom is 0.282 e. The lowest BCUT2D eigenvalue weighted by molar-refractivity contribution is 0.314. The highest BCUT2D eigenvalue weighted by molar-refractivity contribution is 5.73. The first-order valence-corrected chi connectivity index (χ1v) is 4.85. The molecular weight excluding hydrogens is 176 g/mol. The fraction of sp³-hybridized carbons (Fsp3) is 0.364. The summed E-state index contributed by atoms with van der Waals surface area (Å²) in [5.74, 6) is 0. The Bertz CT molecular complexity index is 360. The van der Waals surface area contributed by atoms with Crippen LogP contribution in [0.25, 0.3) is 0 Å². The first-order chi connectivity index (χ1) is 6.81. The van der Waals surface area contributed by atoms with Crippen molar-refractivity contribution >= 4 is 6.02 Å². The number of rotatable bonds is 2. The first kappa shape index (κ1) is 9.06. The van der Waals surface area contributed by atoms with Crippen molar-refractivity contribution in [1.82, 2.24) is 0 Å². The molecule has 1 aliphatic rings. The molecule has 2 rings (SSSR count). The highest BCUT2D eigenvalue weighted by Gasteiger charge is 2.20. The number of nitrogens with zero attached hydrogens (tertiary/aromatic N) is 1. The normalized spacial score (nSPS) is 20.4. The summed E-state index contributed by atoms with van der Waals surface area (Å²) in [6, 6.07) is 8.69. The van der Waals surface area contributed by atoms with E-state index < -0.39 is 0 Å². The minimum atomic E-state index is 0.0890. The van der Waals surface area contributed by atoms with E-state index in [1.807, 2.05) is 12.1 Å². The van der Waals surface area contributed by atoms with E-state index in [-0.39, 0.29) is 6.04 Å². The molecule has 0 saturated carbocycles. The predicted molar refractivity (Wildman–Crippen MR) is 56.1 cm³/mol. The summed E-state index contributed by atoms with van der Waals surface area (Å²) in [6.07, 6.45) is 1.02. The number of amidine groups is 1. The van der Waals surface area contributed by atoms with E-state index in [1.165, 1.54) is 11.1 Å². The van der Waals surface area contributed by atoms with Crippen LogP contribution in [-0.4, -0.2) is 12.6 Å². The lowest BCUT2D eigenvalue weighted by Crippen LogP contribution is -2.10. The van der Waals surface area contributed by atoms with Gasteiger partial charge in [0.1, 0.15) is 12.6 Å². The van der Waals surface area contributed by atoms with Gasteiger partial charge < -0.3 is 10.5 Å². The standard InChI is InChI=1S/C11H14N2O/c1-2-8-5-3-4-6-9(8)10-7-14-11(12)13-10/h3-6,10H,2,7H2,1H3,(H2,12,13). The van der Waals surface area contributed by atoms with E-state index in [0.717, 1.165) is 6.42 Å². The van der Waals surface area contributed by atoms with E-state index in [0.29, 0.717) is 12.6 Å². The van der Waals surface area contributed by atoms with Gasteiger partial charge in [-0.05, 0) is 17.5 Å². The lowest BCUT2D eigenvalue weighted by Gasteiger charge is -2.10. The zero-order valence-corrected chi connectivity index (χ0v) is 8.23. The average Bonchev–Trinajstić information content (AvgIpc) is 2.65. The Morgan fingerprint density at radius 3 is 2.93 bits per heavy atom. The van der Waals surface area contributed by atoms with Crippen LogP contribution in [0.15, 0.2) is 29.3 Å². The van der Waals surface area contributed by atoms with Crippen LogP contribution < -0.4 is 5.73 Å². The summed E-state index contributed by atoms with van der Waals surface area (Å²) in [5.41, 5.74) is 8.03. The number of nitrogens with two attached hydrogens (primary N) is 1. The molecule has 1 heterocycles. The van der Waals surface area contributed by atoms with Crippen LogP contribution in [-0.2, 0) is 11.2 Å². The largest absolute Gasteiger partial charge is 0.463 e. The van der Waals surface area contributed by atoms with E-state index >= 15 is 0 Å². The molecule has 0 amide bonds. The zero-order valence-electron chi connectivity index (χ0n) is 8.23. The Morgan fingerprint density at radius 1 is 1.50 bits per heavy atom. The second-order valence-electron chi connectivity index (χ2n) is 3.35. The Morgan fingerprint density at radius 2 is 2.29 bits per heavy atom. The maximum absolute atomic E-state index is 5.48. The van der Waals surface area contributed by atoms with Gasteiger partial charge in [-0.15, -0.1) is 0 Å². The molecule has 1 unspecified atom stereocenters. The summed E-state index contributed by atoms with van der Waals surface area (Å²) < 4.78 is 5.15. The smallest absolute Gasteiger partial charge is 0.282 e. The second-order valence-corrected chi connectivity index (χ2v) is 3.35. The summed E-state index contributed by atoms with van der Waals surface area (Å²) in [7, 11) is 0. The quantitative estimate of drug-likeness (QED) is 0.770. The number of aryl methyl sites for hydroxylation is 1. The summed E-state index contributed by atoms with van der Waals surface area (Å²) in [4.78, 5) is 4.24. The molecule has 1 atom stereocenters. The molecule has 0 radical (unpaired) electrons. The van der Waals surface area contributed by atoms with Crippen molar-refractivity contribution in [3.05, 3.63) is 35.4 Å². The third kappa shape index (κ3) is 1.58. The van der Waals surface area contributed by atoms with Gasteiger partial charge in [0.05, 0.1) is 0 Å². The van der Waals surface area contributed by atoms with E-state index in [1.54, 1.807) is 0 Å². The van der Waals surface area contributed by atoms with Gasteiger partial charge >= 0.3 is 0 Å². The Balaban J connectivity index is 2.32. The van der Waals surface area contributed by atoms with Crippen LogP contribution in [0.1, 0.15) is 24.1 Å². The monoisotopic (exact) mass is 190 g/mol. The molecule has 0 spiro atoms. The van der Waals surface area contributed by atoms with Crippen molar-refractivity contribution in [2.24, 2.45) is 10.7 Å². The number of ether oxygens (including phenoxy) is 1. The number of hydrogen-bond acceptors (Lipinski definition) is 3. The molecule has 74 valence electrons. The molecule has 1 aromatic carbocycles. The van der Waals surface area contributed by atoms with Crippen molar-refractivity contribution in [2.45, 2.75) is 19.4 Å². The van der Waals surface area contributed by atoms with Gasteiger partial charge in [0.15, 0.2) is 0 Å². The van der Waals surface area contributed by atoms with Crippen molar-refractivity contribution in [3.8, 4) is 0 Å². The molecule has 3 heteroatoms. The summed E-state index contributed by atoms with van der Waals surface area (Å²) in [5, 5.41) is 0. The van der Waals surface area contributed by atoms with Gasteiger partial charge in [-0.2, -0.15) is 0 Å². The van der Waals surface area contributed by atoms with Crippen LogP contribution in [0.5, 0.6) is 0 Å². The van der Waals surface area contributed by atoms with Gasteiger partial charge in [-0.1, -0.05) is 31.2 Å². The summed E-state index contributed by atoms with van der Waals surface area (Å²) in [6.45, 7) is 2.71. The molecule has 0 fully saturated rings. The molecule has 1 aliphatic heterocycles. The van der Waals surface area contributed by atoms with Crippen LogP contribution in [0.2, 0.25) is 0 Å². The molecule has 0 aliphatic carbocycles. The number of aliphatic imine (C=N–C) groups is 1. The molecular formula is C11H14N2O. The maximum atomic E-state index is 5.48. The second kappa shape index (κ2) is 3.70. The molecule has 14 heavy (non-hydrogen) atoms. The molecule has 0 saturated heterocycles. The van der Waals surface area contributed by atoms with Gasteiger partial charge in [-0.3, -0.25) is 0 Å². The van der Waals surface area contributed by atoms with Crippen molar-refractivity contribution in [3.63, 3.8) is 0 Å². The van der Waals surface area contributed by atoms with Gasteiger partial charge in [-0.25, -0.2) is 4.99 Å². The van der Waals surface area contributed by atoms with Crippen LogP contribution in [0.3, 0.4) is 0 Å². The van der Waals surface area contributed by atoms with E-state index in [9.17, 15) is 0 Å². The third-order valence-electron chi connectivity index (χ3n) is 2.47. The highest BCUT2D eigenvalue weighted by atomic mass is 16.5. The zero-order chi connectivity index (χ0) is 9.97. The topological polar surface area (TPSA) is 47.6 Å². The van der Waals surface area contributed by atoms with Crippen molar-refractivity contribution < 1.29 is 4.74 Å². The third-order valence-corrected chi connectivity index (χ3v) is 2.47. The van der Waals surface area contributed by atoms with Crippen LogP contribution >= 0.6 is 0 Å². The molecule has 1 aromatic rings. The molecule has 2 N–H and O–H groups in total. The predicted octanol–water partition coefficient (Wildman–Crippen LogP) is 1.64. The fourth-order valence-corrected chi connectivity index (χ4v) is 1.73. The number of hydrogen-bond donors (Lipinski definition) is 1. The Hall–Kier alpha value is -1.51. The minimum Gasteiger partial charge on any atom is -0.463 e. The lowest BCUT2D eigenvalue weighted by atomic mass is 10.00. The summed E-state index contributed by atoms with van der Waals surface area (Å²) >= 11 is 0. The van der Waals surface area contributed by atoms with E-state index in [4.69, 9.17) is 10.5 Å². The molecule has 0 bridgehead atoms. The average molecular weight is 190 g/mol. The molecule has 0 aromatic heterocycles. The van der Waals surface area contributed by atoms with Crippen molar-refractivity contribution in [2.75, 3.05) is 6.61 Å². The highest BCUT2D eigenvalue weighted by Crippen LogP contribution is 2.25. The van der Waals surface area contributed by atoms with Crippen molar-refractivity contribution in [1.29, 1.82) is 0 Å². The molecule has 3 nitrogen and oxygen atoms in total. The van der Waals surface area contributed by atoms with Gasteiger partial charge in [0.2, 0.25) is 0 Å². The van der Waals surface area contributed by atoms with E-state index in [2.05, 4.69) is 24.0 Å². The fourth-order valence-electron chi connectivity index (χ4n) is 1.73. The van der Waals surface area contributed by atoms with Gasteiger partial charge in [0, 0.05) is 0 Å². The first-order valence-electron chi connectivity index (χ1n) is 4.85. The Kier molecular flexibility index (Phi) is 2.39. The minimum absolute atomic E-state index is 0.0890. The van der Waals surface area contributed by atoms with Crippen LogP contribution in [0, 0.1) is 0 Å².